The molecule has 1 amide bonds. The molecule has 4 heteroatoms. The molecule has 0 aliphatic carbocycles. The van der Waals surface area contributed by atoms with E-state index in [-0.39, 0.29) is 17.8 Å². The third-order valence-electron chi connectivity index (χ3n) is 3.39. The van der Waals surface area contributed by atoms with E-state index in [0.717, 1.165) is 11.3 Å². The molecule has 20 heavy (non-hydrogen) atoms. The Morgan fingerprint density at radius 2 is 1.90 bits per heavy atom. The summed E-state index contributed by atoms with van der Waals surface area (Å²) in [4.78, 5) is 25.3. The fourth-order valence-electron chi connectivity index (χ4n) is 2.31. The van der Waals surface area contributed by atoms with Crippen LogP contribution in [0.15, 0.2) is 18.2 Å². The van der Waals surface area contributed by atoms with Crippen molar-refractivity contribution in [3.05, 3.63) is 29.3 Å². The number of Topliss-reactive ketones (excluding diaryl/α,β-unsaturated/α-hetero) is 1. The smallest absolute Gasteiger partial charge is 0.253 e. The first-order valence-corrected chi connectivity index (χ1v) is 7.05. The Kier molecular flexibility index (Phi) is 4.42. The fraction of sp³-hybridized carbons (Fsp3) is 0.500. The number of hydrogen-bond acceptors (Lipinski definition) is 3. The molecule has 1 aliphatic rings. The average Bonchev–Trinajstić information content (AvgIpc) is 2.41. The molecule has 0 saturated carbocycles. The molecule has 1 heterocycles. The van der Waals surface area contributed by atoms with E-state index in [1.807, 2.05) is 32.9 Å². The number of rotatable bonds is 3. The van der Waals surface area contributed by atoms with E-state index >= 15 is 0 Å². The molecule has 0 aromatic heterocycles. The van der Waals surface area contributed by atoms with Crippen molar-refractivity contribution in [2.75, 3.05) is 13.1 Å². The fourth-order valence-corrected chi connectivity index (χ4v) is 2.31. The molecule has 1 aromatic rings. The van der Waals surface area contributed by atoms with Gasteiger partial charge in [0.05, 0.1) is 6.10 Å². The first-order chi connectivity index (χ1) is 9.47. The first kappa shape index (κ1) is 14.6. The van der Waals surface area contributed by atoms with Gasteiger partial charge in [-0.1, -0.05) is 0 Å². The maximum absolute atomic E-state index is 12.4. The molecule has 0 spiro atoms. The largest absolute Gasteiger partial charge is 0.491 e. The van der Waals surface area contributed by atoms with Gasteiger partial charge in [-0.3, -0.25) is 9.59 Å². The van der Waals surface area contributed by atoms with Gasteiger partial charge in [-0.15, -0.1) is 0 Å². The van der Waals surface area contributed by atoms with Crippen molar-refractivity contribution in [3.8, 4) is 5.75 Å². The Bertz CT molecular complexity index is 512. The van der Waals surface area contributed by atoms with Crippen LogP contribution in [0.5, 0.6) is 5.75 Å². The van der Waals surface area contributed by atoms with Crippen LogP contribution in [-0.4, -0.2) is 35.8 Å². The number of ketones is 1. The molecule has 0 N–H and O–H groups in total. The zero-order valence-corrected chi connectivity index (χ0v) is 12.3. The van der Waals surface area contributed by atoms with Gasteiger partial charge in [0.25, 0.3) is 5.91 Å². The van der Waals surface area contributed by atoms with Crippen LogP contribution < -0.4 is 4.74 Å². The van der Waals surface area contributed by atoms with Crippen molar-refractivity contribution in [3.63, 3.8) is 0 Å². The lowest BCUT2D eigenvalue weighted by Crippen LogP contribution is -2.38. The Labute approximate surface area is 119 Å². The van der Waals surface area contributed by atoms with Crippen LogP contribution in [-0.2, 0) is 4.79 Å². The molecule has 2 rings (SSSR count). The number of hydrogen-bond donors (Lipinski definition) is 0. The van der Waals surface area contributed by atoms with Crippen molar-refractivity contribution in [1.29, 1.82) is 0 Å². The Balaban J connectivity index is 2.11. The van der Waals surface area contributed by atoms with Gasteiger partial charge in [0, 0.05) is 31.5 Å². The minimum absolute atomic E-state index is 0.00306. The summed E-state index contributed by atoms with van der Waals surface area (Å²) in [5, 5.41) is 0. The number of carbonyl (C=O) groups excluding carboxylic acids is 2. The molecular weight excluding hydrogens is 254 g/mol. The highest BCUT2D eigenvalue weighted by atomic mass is 16.5. The summed E-state index contributed by atoms with van der Waals surface area (Å²) >= 11 is 0. The van der Waals surface area contributed by atoms with Gasteiger partial charge in [0.15, 0.2) is 0 Å². The number of nitrogens with zero attached hydrogens (tertiary/aromatic N) is 1. The summed E-state index contributed by atoms with van der Waals surface area (Å²) in [7, 11) is 0. The van der Waals surface area contributed by atoms with Crippen molar-refractivity contribution in [2.24, 2.45) is 0 Å². The lowest BCUT2D eigenvalue weighted by Gasteiger charge is -2.26. The average molecular weight is 275 g/mol. The van der Waals surface area contributed by atoms with Gasteiger partial charge in [0.1, 0.15) is 11.5 Å². The van der Waals surface area contributed by atoms with Crippen LogP contribution >= 0.6 is 0 Å². The number of benzene rings is 1. The summed E-state index contributed by atoms with van der Waals surface area (Å²) in [6.07, 6.45) is 1.06. The quantitative estimate of drug-likeness (QED) is 0.851. The zero-order chi connectivity index (χ0) is 14.7. The van der Waals surface area contributed by atoms with Crippen LogP contribution in [0.3, 0.4) is 0 Å². The summed E-state index contributed by atoms with van der Waals surface area (Å²) in [6, 6.07) is 5.50. The second-order valence-corrected chi connectivity index (χ2v) is 5.48. The van der Waals surface area contributed by atoms with Crippen LogP contribution in [0.1, 0.15) is 42.6 Å². The van der Waals surface area contributed by atoms with Crippen LogP contribution in [0.2, 0.25) is 0 Å². The Hall–Kier alpha value is -1.84. The van der Waals surface area contributed by atoms with Crippen molar-refractivity contribution < 1.29 is 14.3 Å². The molecule has 0 radical (unpaired) electrons. The van der Waals surface area contributed by atoms with E-state index in [1.165, 1.54) is 0 Å². The zero-order valence-electron chi connectivity index (χ0n) is 12.3. The standard InChI is InChI=1S/C16H21NO3/c1-11(2)20-15-5-4-13(10-12(15)3)16(19)17-8-6-14(18)7-9-17/h4-5,10-11H,6-9H2,1-3H3. The minimum atomic E-state index is -0.00306. The molecule has 1 fully saturated rings. The minimum Gasteiger partial charge on any atom is -0.491 e. The number of ether oxygens (including phenoxy) is 1. The van der Waals surface area contributed by atoms with E-state index in [0.29, 0.717) is 31.5 Å². The molecule has 1 aliphatic heterocycles. The summed E-state index contributed by atoms with van der Waals surface area (Å²) < 4.78 is 5.67. The predicted molar refractivity (Wildman–Crippen MR) is 77.1 cm³/mol. The second kappa shape index (κ2) is 6.07. The van der Waals surface area contributed by atoms with E-state index in [9.17, 15) is 9.59 Å². The van der Waals surface area contributed by atoms with Gasteiger partial charge < -0.3 is 9.64 Å². The maximum Gasteiger partial charge on any atom is 0.253 e. The number of likely N-dealkylation sites (tertiary alicyclic amines) is 1. The molecule has 0 atom stereocenters. The van der Waals surface area contributed by atoms with E-state index in [4.69, 9.17) is 4.74 Å². The van der Waals surface area contributed by atoms with Crippen LogP contribution in [0, 0.1) is 6.92 Å². The van der Waals surface area contributed by atoms with Gasteiger partial charge in [-0.05, 0) is 44.5 Å². The van der Waals surface area contributed by atoms with Gasteiger partial charge in [-0.25, -0.2) is 0 Å². The van der Waals surface area contributed by atoms with E-state index in [2.05, 4.69) is 0 Å². The summed E-state index contributed by atoms with van der Waals surface area (Å²) in [5.41, 5.74) is 1.62. The molecule has 1 aromatic carbocycles. The Morgan fingerprint density at radius 3 is 2.45 bits per heavy atom. The third-order valence-corrected chi connectivity index (χ3v) is 3.39. The topological polar surface area (TPSA) is 46.6 Å². The van der Waals surface area contributed by atoms with Crippen molar-refractivity contribution in [1.82, 2.24) is 4.90 Å². The molecular formula is C16H21NO3. The number of aryl methyl sites for hydroxylation is 1. The highest BCUT2D eigenvalue weighted by molar-refractivity contribution is 5.95. The van der Waals surface area contributed by atoms with Crippen molar-refractivity contribution >= 4 is 11.7 Å². The Morgan fingerprint density at radius 1 is 1.25 bits per heavy atom. The highest BCUT2D eigenvalue weighted by Crippen LogP contribution is 2.22. The molecule has 0 bridgehead atoms. The molecule has 0 unspecified atom stereocenters. The SMILES string of the molecule is Cc1cc(C(=O)N2CCC(=O)CC2)ccc1OC(C)C. The van der Waals surface area contributed by atoms with Crippen LogP contribution in [0.25, 0.3) is 0 Å². The van der Waals surface area contributed by atoms with Crippen LogP contribution in [0.4, 0.5) is 0 Å². The van der Waals surface area contributed by atoms with E-state index in [1.54, 1.807) is 11.0 Å². The number of piperidine rings is 1. The predicted octanol–water partition coefficient (Wildman–Crippen LogP) is 2.59. The third kappa shape index (κ3) is 3.38. The second-order valence-electron chi connectivity index (χ2n) is 5.48. The van der Waals surface area contributed by atoms with Gasteiger partial charge in [0.2, 0.25) is 0 Å². The lowest BCUT2D eigenvalue weighted by atomic mass is 10.1. The molecule has 108 valence electrons. The summed E-state index contributed by atoms with van der Waals surface area (Å²) in [5.74, 6) is 1.05. The van der Waals surface area contributed by atoms with Gasteiger partial charge >= 0.3 is 0 Å². The van der Waals surface area contributed by atoms with Gasteiger partial charge in [-0.2, -0.15) is 0 Å². The molecule has 4 nitrogen and oxygen atoms in total. The monoisotopic (exact) mass is 275 g/mol. The molecule has 1 saturated heterocycles. The lowest BCUT2D eigenvalue weighted by molar-refractivity contribution is -0.120. The van der Waals surface area contributed by atoms with Crippen molar-refractivity contribution in [2.45, 2.75) is 39.7 Å². The first-order valence-electron chi connectivity index (χ1n) is 7.05. The normalized spacial score (nSPS) is 15.6. The number of carbonyl (C=O) groups is 2. The number of amides is 1. The summed E-state index contributed by atoms with van der Waals surface area (Å²) in [6.45, 7) is 6.95. The highest BCUT2D eigenvalue weighted by Gasteiger charge is 2.22. The van der Waals surface area contributed by atoms with E-state index < -0.39 is 0 Å². The maximum atomic E-state index is 12.4.